The lowest BCUT2D eigenvalue weighted by Crippen LogP contribution is -2.38. The maximum Gasteiger partial charge on any atom is 0.402 e. The first kappa shape index (κ1) is 15.8. The smallest absolute Gasteiger partial charge is 0.402 e. The molecule has 0 unspecified atom stereocenters. The normalized spacial score (nSPS) is 11.2. The first-order chi connectivity index (χ1) is 11.0. The Morgan fingerprint density at radius 1 is 1.30 bits per heavy atom. The number of benzene rings is 1. The van der Waals surface area contributed by atoms with E-state index < -0.39 is 0 Å². The number of imidazole rings is 1. The summed E-state index contributed by atoms with van der Waals surface area (Å²) in [5, 5.41) is 0. The van der Waals surface area contributed by atoms with Gasteiger partial charge in [-0.25, -0.2) is 9.55 Å². The fraction of sp³-hybridized carbons (Fsp3) is 0.294. The summed E-state index contributed by atoms with van der Waals surface area (Å²) in [4.78, 5) is 8.05. The minimum atomic E-state index is 0.457. The van der Waals surface area contributed by atoms with Crippen LogP contribution in [0.15, 0.2) is 24.4 Å². The van der Waals surface area contributed by atoms with E-state index in [4.69, 9.17) is 9.72 Å². The number of H-pyrrole nitrogens is 1. The van der Waals surface area contributed by atoms with E-state index in [1.165, 1.54) is 5.56 Å². The number of aromatic amines is 1. The molecular formula is C17H20N3O2S+. The second kappa shape index (κ2) is 6.22. The van der Waals surface area contributed by atoms with Crippen LogP contribution in [-0.4, -0.2) is 21.6 Å². The SMILES string of the molecule is COc1c(C)c[n+](-c2nc3cc(C)ccc3[nH]2)c(CSO)c1C. The molecule has 0 saturated heterocycles. The Morgan fingerprint density at radius 2 is 2.09 bits per heavy atom. The Bertz CT molecular complexity index is 874. The van der Waals surface area contributed by atoms with Crippen molar-refractivity contribution >= 4 is 23.1 Å². The number of methoxy groups -OCH3 is 1. The highest BCUT2D eigenvalue weighted by Crippen LogP contribution is 2.26. The van der Waals surface area contributed by atoms with Gasteiger partial charge in [-0.3, -0.25) is 0 Å². The van der Waals surface area contributed by atoms with E-state index in [-0.39, 0.29) is 0 Å². The number of ether oxygens (including phenoxy) is 1. The van der Waals surface area contributed by atoms with Crippen LogP contribution in [0, 0.1) is 20.8 Å². The molecule has 0 atom stereocenters. The summed E-state index contributed by atoms with van der Waals surface area (Å²) in [6.07, 6.45) is 1.99. The molecular weight excluding hydrogens is 310 g/mol. The summed E-state index contributed by atoms with van der Waals surface area (Å²) in [5.41, 5.74) is 6.08. The summed E-state index contributed by atoms with van der Waals surface area (Å²) in [6.45, 7) is 6.06. The number of rotatable bonds is 4. The van der Waals surface area contributed by atoms with Gasteiger partial charge in [0.2, 0.25) is 0 Å². The van der Waals surface area contributed by atoms with Crippen LogP contribution >= 0.6 is 12.0 Å². The van der Waals surface area contributed by atoms with Crippen LogP contribution in [0.2, 0.25) is 0 Å². The molecule has 0 saturated carbocycles. The number of aryl methyl sites for hydroxylation is 2. The lowest BCUT2D eigenvalue weighted by atomic mass is 10.1. The Balaban J connectivity index is 2.24. The molecule has 120 valence electrons. The molecule has 1 aromatic carbocycles. The summed E-state index contributed by atoms with van der Waals surface area (Å²) in [6, 6.07) is 6.15. The number of aromatic nitrogens is 3. The van der Waals surface area contributed by atoms with Crippen molar-refractivity contribution in [1.29, 1.82) is 0 Å². The average Bonchev–Trinajstić information content (AvgIpc) is 2.93. The third kappa shape index (κ3) is 2.80. The van der Waals surface area contributed by atoms with Crippen LogP contribution in [0.3, 0.4) is 0 Å². The van der Waals surface area contributed by atoms with Crippen molar-refractivity contribution in [1.82, 2.24) is 9.97 Å². The Hall–Kier alpha value is -2.05. The van der Waals surface area contributed by atoms with Gasteiger partial charge >= 0.3 is 5.95 Å². The molecule has 0 fully saturated rings. The summed E-state index contributed by atoms with van der Waals surface area (Å²) in [7, 11) is 1.67. The van der Waals surface area contributed by atoms with E-state index in [2.05, 4.69) is 24.0 Å². The quantitative estimate of drug-likeness (QED) is 0.568. The molecule has 2 heterocycles. The number of hydrogen-bond acceptors (Lipinski definition) is 4. The Morgan fingerprint density at radius 3 is 2.78 bits per heavy atom. The van der Waals surface area contributed by atoms with Crippen molar-refractivity contribution in [2.45, 2.75) is 26.5 Å². The number of hydrogen-bond donors (Lipinski definition) is 2. The Labute approximate surface area is 139 Å². The minimum absolute atomic E-state index is 0.457. The van der Waals surface area contributed by atoms with Crippen molar-refractivity contribution in [3.63, 3.8) is 0 Å². The minimum Gasteiger partial charge on any atom is -0.496 e. The first-order valence-corrected chi connectivity index (χ1v) is 8.31. The lowest BCUT2D eigenvalue weighted by Gasteiger charge is -2.14. The predicted molar refractivity (Wildman–Crippen MR) is 92.3 cm³/mol. The lowest BCUT2D eigenvalue weighted by molar-refractivity contribution is -0.611. The van der Waals surface area contributed by atoms with Crippen molar-refractivity contribution in [3.8, 4) is 11.7 Å². The fourth-order valence-corrected chi connectivity index (χ4v) is 3.37. The Kier molecular flexibility index (Phi) is 4.28. The molecule has 0 aliphatic carbocycles. The second-order valence-corrected chi connectivity index (χ2v) is 6.19. The molecule has 3 rings (SSSR count). The number of pyridine rings is 1. The monoisotopic (exact) mass is 330 g/mol. The van der Waals surface area contributed by atoms with Crippen LogP contribution in [0.1, 0.15) is 22.4 Å². The van der Waals surface area contributed by atoms with E-state index in [0.717, 1.165) is 51.6 Å². The topological polar surface area (TPSA) is 62.0 Å². The van der Waals surface area contributed by atoms with E-state index in [1.54, 1.807) is 7.11 Å². The highest BCUT2D eigenvalue weighted by atomic mass is 32.2. The highest BCUT2D eigenvalue weighted by Gasteiger charge is 2.22. The first-order valence-electron chi connectivity index (χ1n) is 7.37. The molecule has 0 radical (unpaired) electrons. The molecule has 0 aliphatic rings. The molecule has 2 aromatic heterocycles. The van der Waals surface area contributed by atoms with Crippen LogP contribution in [0.25, 0.3) is 17.0 Å². The third-order valence-electron chi connectivity index (χ3n) is 4.00. The average molecular weight is 330 g/mol. The van der Waals surface area contributed by atoms with E-state index >= 15 is 0 Å². The molecule has 6 heteroatoms. The number of fused-ring (bicyclic) bond motifs is 1. The van der Waals surface area contributed by atoms with Gasteiger partial charge in [-0.15, -0.1) is 0 Å². The zero-order valence-corrected chi connectivity index (χ0v) is 14.5. The molecule has 0 amide bonds. The van der Waals surface area contributed by atoms with Gasteiger partial charge in [-0.2, -0.15) is 0 Å². The summed E-state index contributed by atoms with van der Waals surface area (Å²) >= 11 is 0.794. The highest BCUT2D eigenvalue weighted by molar-refractivity contribution is 7.92. The molecule has 5 nitrogen and oxygen atoms in total. The van der Waals surface area contributed by atoms with Crippen LogP contribution < -0.4 is 9.30 Å². The zero-order valence-electron chi connectivity index (χ0n) is 13.7. The summed E-state index contributed by atoms with van der Waals surface area (Å²) in [5.74, 6) is 2.04. The van der Waals surface area contributed by atoms with Gasteiger partial charge in [0.15, 0.2) is 5.52 Å². The van der Waals surface area contributed by atoms with Crippen LogP contribution in [0.4, 0.5) is 0 Å². The van der Waals surface area contributed by atoms with Crippen molar-refractivity contribution < 1.29 is 13.9 Å². The van der Waals surface area contributed by atoms with Crippen molar-refractivity contribution in [3.05, 3.63) is 46.8 Å². The largest absolute Gasteiger partial charge is 0.496 e. The van der Waals surface area contributed by atoms with Crippen LogP contribution in [-0.2, 0) is 5.75 Å². The van der Waals surface area contributed by atoms with Gasteiger partial charge in [0.25, 0.3) is 0 Å². The van der Waals surface area contributed by atoms with E-state index in [1.807, 2.05) is 30.7 Å². The predicted octanol–water partition coefficient (Wildman–Crippen LogP) is 3.48. The molecule has 3 aromatic rings. The number of nitrogens with one attached hydrogen (secondary N) is 1. The zero-order chi connectivity index (χ0) is 16.6. The molecule has 0 bridgehead atoms. The van der Waals surface area contributed by atoms with Gasteiger partial charge in [0.05, 0.1) is 19.1 Å². The van der Waals surface area contributed by atoms with Gasteiger partial charge in [0, 0.05) is 11.1 Å². The van der Waals surface area contributed by atoms with E-state index in [0.29, 0.717) is 5.75 Å². The standard InChI is InChI=1S/C17H19N3O2S/c1-10-5-6-13-14(7-10)19-17(18-13)20-8-11(2)16(22-4)12(3)15(20)9-23-21/h5-8H,9H2,1-4H3,(H-,18,19,21)/p+1. The van der Waals surface area contributed by atoms with E-state index in [9.17, 15) is 4.55 Å². The maximum atomic E-state index is 9.36. The second-order valence-electron chi connectivity index (χ2n) is 5.64. The van der Waals surface area contributed by atoms with Crippen molar-refractivity contribution in [2.24, 2.45) is 0 Å². The molecule has 0 spiro atoms. The molecule has 0 aliphatic heterocycles. The molecule has 23 heavy (non-hydrogen) atoms. The maximum absolute atomic E-state index is 9.36. The van der Waals surface area contributed by atoms with Gasteiger partial charge in [0.1, 0.15) is 17.0 Å². The van der Waals surface area contributed by atoms with Crippen LogP contribution in [0.5, 0.6) is 5.75 Å². The van der Waals surface area contributed by atoms with Crippen molar-refractivity contribution in [2.75, 3.05) is 7.11 Å². The summed E-state index contributed by atoms with van der Waals surface area (Å²) < 4.78 is 16.8. The fourth-order valence-electron chi connectivity index (χ4n) is 2.90. The van der Waals surface area contributed by atoms with Gasteiger partial charge < -0.3 is 9.29 Å². The van der Waals surface area contributed by atoms with Gasteiger partial charge in [-0.05, 0) is 50.5 Å². The van der Waals surface area contributed by atoms with Gasteiger partial charge in [-0.1, -0.05) is 11.1 Å². The molecule has 2 N–H and O–H groups in total. The number of nitrogens with zero attached hydrogens (tertiary/aromatic N) is 2. The third-order valence-corrected chi connectivity index (χ3v) is 4.41.